The second kappa shape index (κ2) is 4.00. The summed E-state index contributed by atoms with van der Waals surface area (Å²) in [6.45, 7) is 4.12. The van der Waals surface area contributed by atoms with Crippen LogP contribution in [0.4, 0.5) is 5.69 Å². The normalized spacial score (nSPS) is 14.9. The Balaban J connectivity index is 2.04. The van der Waals surface area contributed by atoms with Gasteiger partial charge in [0.05, 0.1) is 5.69 Å². The summed E-state index contributed by atoms with van der Waals surface area (Å²) in [6.07, 6.45) is 5.80. The number of aromatic nitrogens is 1. The van der Waals surface area contributed by atoms with Crippen LogP contribution in [-0.4, -0.2) is 16.9 Å². The third-order valence-corrected chi connectivity index (χ3v) is 3.62. The average Bonchev–Trinajstić information content (AvgIpc) is 3.02. The summed E-state index contributed by atoms with van der Waals surface area (Å²) in [5.74, 6) is 0. The van der Waals surface area contributed by atoms with Gasteiger partial charge in [0, 0.05) is 36.4 Å². The van der Waals surface area contributed by atoms with E-state index in [1.54, 1.807) is 6.20 Å². The highest BCUT2D eigenvalue weighted by Gasteiger charge is 2.20. The maximum atomic E-state index is 5.99. The average molecular weight is 264 g/mol. The van der Waals surface area contributed by atoms with Crippen LogP contribution in [0.3, 0.4) is 0 Å². The number of aryl methyl sites for hydroxylation is 1. The van der Waals surface area contributed by atoms with Crippen molar-refractivity contribution in [3.63, 3.8) is 0 Å². The van der Waals surface area contributed by atoms with E-state index in [1.807, 2.05) is 43.1 Å². The molecule has 0 atom stereocenters. The molecule has 2 aromatic heterocycles. The van der Waals surface area contributed by atoms with Crippen molar-refractivity contribution in [1.82, 2.24) is 9.88 Å². The van der Waals surface area contributed by atoms with Gasteiger partial charge in [-0.2, -0.15) is 0 Å². The summed E-state index contributed by atoms with van der Waals surface area (Å²) in [7, 11) is 2.01. The third kappa shape index (κ3) is 1.51. The number of nitrogens with zero attached hydrogens (tertiary/aromatic N) is 3. The molecule has 99 valence electrons. The molecule has 0 unspecified atom stereocenters. The second-order valence-corrected chi connectivity index (χ2v) is 5.05. The van der Waals surface area contributed by atoms with E-state index in [9.17, 15) is 0 Å². The number of hydrogen-bond donors (Lipinski definition) is 0. The molecule has 0 aliphatic carbocycles. The van der Waals surface area contributed by atoms with Crippen molar-refractivity contribution in [3.05, 3.63) is 55.1 Å². The van der Waals surface area contributed by atoms with Gasteiger partial charge in [-0.1, -0.05) is 12.1 Å². The van der Waals surface area contributed by atoms with E-state index in [2.05, 4.69) is 28.9 Å². The maximum absolute atomic E-state index is 5.99. The maximum Gasteiger partial charge on any atom is 0.227 e. The Kier molecular flexibility index (Phi) is 2.27. The molecule has 3 aromatic rings. The molecule has 0 amide bonds. The largest absolute Gasteiger partial charge is 0.435 e. The first-order valence-electron chi connectivity index (χ1n) is 6.54. The van der Waals surface area contributed by atoms with E-state index in [0.29, 0.717) is 5.71 Å². The molecule has 3 heterocycles. The van der Waals surface area contributed by atoms with Crippen molar-refractivity contribution in [2.75, 3.05) is 11.9 Å². The molecule has 1 aliphatic rings. The zero-order valence-corrected chi connectivity index (χ0v) is 11.4. The molecule has 0 bridgehead atoms. The number of rotatable bonds is 1. The van der Waals surface area contributed by atoms with Crippen LogP contribution in [0.15, 0.2) is 47.3 Å². The highest BCUT2D eigenvalue weighted by molar-refractivity contribution is 6.08. The molecule has 1 radical (unpaired) electrons. The monoisotopic (exact) mass is 264 g/mol. The van der Waals surface area contributed by atoms with Crippen molar-refractivity contribution in [1.29, 1.82) is 0 Å². The Hall–Kier alpha value is -2.49. The lowest BCUT2D eigenvalue weighted by atomic mass is 10.1. The molecule has 0 fully saturated rings. The minimum Gasteiger partial charge on any atom is -0.435 e. The highest BCUT2D eigenvalue weighted by atomic mass is 16.3. The molecule has 0 saturated carbocycles. The zero-order valence-electron chi connectivity index (χ0n) is 11.4. The van der Waals surface area contributed by atoms with E-state index >= 15 is 0 Å². The van der Waals surface area contributed by atoms with Crippen LogP contribution in [0.25, 0.3) is 22.1 Å². The zero-order chi connectivity index (χ0) is 13.7. The highest BCUT2D eigenvalue weighted by Crippen LogP contribution is 2.38. The Labute approximate surface area is 116 Å². The van der Waals surface area contributed by atoms with Crippen molar-refractivity contribution >= 4 is 27.8 Å². The van der Waals surface area contributed by atoms with Crippen LogP contribution in [-0.2, 0) is 0 Å². The second-order valence-electron chi connectivity index (χ2n) is 5.05. The van der Waals surface area contributed by atoms with Crippen molar-refractivity contribution in [2.45, 2.75) is 6.92 Å². The van der Waals surface area contributed by atoms with Gasteiger partial charge < -0.3 is 14.2 Å². The Morgan fingerprint density at radius 3 is 2.80 bits per heavy atom. The summed E-state index contributed by atoms with van der Waals surface area (Å²) in [5.41, 5.74) is 3.81. The van der Waals surface area contributed by atoms with Gasteiger partial charge >= 0.3 is 0 Å². The smallest absolute Gasteiger partial charge is 0.227 e. The van der Waals surface area contributed by atoms with Gasteiger partial charge in [0.2, 0.25) is 5.71 Å². The molecule has 1 aromatic carbocycles. The van der Waals surface area contributed by atoms with Crippen LogP contribution >= 0.6 is 0 Å². The number of fused-ring (bicyclic) bond motifs is 3. The quantitative estimate of drug-likeness (QED) is 0.672. The van der Waals surface area contributed by atoms with Gasteiger partial charge in [0.1, 0.15) is 6.67 Å². The van der Waals surface area contributed by atoms with Gasteiger partial charge in [-0.25, -0.2) is 4.98 Å². The fourth-order valence-corrected chi connectivity index (χ4v) is 2.66. The molecule has 0 spiro atoms. The number of pyridine rings is 1. The minimum absolute atomic E-state index is 0.686. The summed E-state index contributed by atoms with van der Waals surface area (Å²) >= 11 is 0. The van der Waals surface area contributed by atoms with Crippen LogP contribution in [0.1, 0.15) is 5.56 Å². The summed E-state index contributed by atoms with van der Waals surface area (Å²) in [5, 5.41) is 2.16. The van der Waals surface area contributed by atoms with E-state index in [0.717, 1.165) is 22.0 Å². The lowest BCUT2D eigenvalue weighted by Gasteiger charge is -2.19. The number of benzene rings is 1. The fraction of sp³-hybridized carbons (Fsp3) is 0.125. The van der Waals surface area contributed by atoms with Crippen LogP contribution in [0, 0.1) is 13.6 Å². The standard InChI is InChI=1S/C16H14N3O/c1-11-5-6-12-13-4-3-7-17-16(13)20-15(12)14(11)19-9-8-18(2)10-19/h3-10H,1-2H3. The molecule has 20 heavy (non-hydrogen) atoms. The van der Waals surface area contributed by atoms with E-state index in [-0.39, 0.29) is 0 Å². The number of hydrogen-bond acceptors (Lipinski definition) is 4. The van der Waals surface area contributed by atoms with E-state index in [4.69, 9.17) is 4.42 Å². The fourth-order valence-electron chi connectivity index (χ4n) is 2.66. The number of anilines is 1. The predicted octanol–water partition coefficient (Wildman–Crippen LogP) is 3.63. The summed E-state index contributed by atoms with van der Waals surface area (Å²) in [4.78, 5) is 8.40. The molecule has 0 N–H and O–H groups in total. The van der Waals surface area contributed by atoms with Crippen molar-refractivity contribution < 1.29 is 4.42 Å². The first kappa shape index (κ1) is 11.3. The molecular formula is C16H14N3O. The first-order chi connectivity index (χ1) is 9.74. The molecule has 4 heteroatoms. The molecular weight excluding hydrogens is 250 g/mol. The SMILES string of the molecule is Cc1ccc2c(oc3ncccc32)c1N1[CH]N(C)C=C1. The van der Waals surface area contributed by atoms with Crippen LogP contribution < -0.4 is 4.90 Å². The molecule has 4 rings (SSSR count). The first-order valence-corrected chi connectivity index (χ1v) is 6.54. The van der Waals surface area contributed by atoms with Crippen molar-refractivity contribution in [3.8, 4) is 0 Å². The van der Waals surface area contributed by atoms with Gasteiger partial charge in [-0.15, -0.1) is 0 Å². The Bertz CT molecular complexity index is 834. The van der Waals surface area contributed by atoms with Crippen LogP contribution in [0.5, 0.6) is 0 Å². The topological polar surface area (TPSA) is 32.5 Å². The third-order valence-electron chi connectivity index (χ3n) is 3.62. The molecule has 4 nitrogen and oxygen atoms in total. The van der Waals surface area contributed by atoms with Gasteiger partial charge in [-0.05, 0) is 24.6 Å². The summed E-state index contributed by atoms with van der Waals surface area (Å²) in [6, 6.07) is 8.21. The molecule has 0 saturated heterocycles. The van der Waals surface area contributed by atoms with E-state index < -0.39 is 0 Å². The number of furan rings is 1. The van der Waals surface area contributed by atoms with Gasteiger partial charge in [-0.3, -0.25) is 0 Å². The lowest BCUT2D eigenvalue weighted by molar-refractivity contribution is 0.573. The lowest BCUT2D eigenvalue weighted by Crippen LogP contribution is -2.16. The minimum atomic E-state index is 0.686. The van der Waals surface area contributed by atoms with Crippen molar-refractivity contribution in [2.24, 2.45) is 0 Å². The Morgan fingerprint density at radius 1 is 1.10 bits per heavy atom. The van der Waals surface area contributed by atoms with Crippen LogP contribution in [0.2, 0.25) is 0 Å². The Morgan fingerprint density at radius 2 is 2.00 bits per heavy atom. The van der Waals surface area contributed by atoms with Gasteiger partial charge in [0.25, 0.3) is 0 Å². The van der Waals surface area contributed by atoms with E-state index in [1.165, 1.54) is 5.56 Å². The predicted molar refractivity (Wildman–Crippen MR) is 79.9 cm³/mol. The molecule has 1 aliphatic heterocycles. The van der Waals surface area contributed by atoms with Gasteiger partial charge in [0.15, 0.2) is 5.58 Å². The summed E-state index contributed by atoms with van der Waals surface area (Å²) < 4.78 is 5.99.